The Morgan fingerprint density at radius 3 is 2.46 bits per heavy atom. The van der Waals surface area contributed by atoms with Crippen LogP contribution in [-0.4, -0.2) is 39.8 Å². The summed E-state index contributed by atoms with van der Waals surface area (Å²) in [6.07, 6.45) is -0.329. The van der Waals surface area contributed by atoms with Gasteiger partial charge in [0.25, 0.3) is 0 Å². The van der Waals surface area contributed by atoms with Crippen molar-refractivity contribution < 1.29 is 14.6 Å². The number of imidazole rings is 1. The van der Waals surface area contributed by atoms with E-state index in [1.807, 2.05) is 86.3 Å². The van der Waals surface area contributed by atoms with Crippen LogP contribution < -0.4 is 9.64 Å². The van der Waals surface area contributed by atoms with Gasteiger partial charge in [0.15, 0.2) is 0 Å². The summed E-state index contributed by atoms with van der Waals surface area (Å²) >= 11 is 0. The van der Waals surface area contributed by atoms with Gasteiger partial charge in [-0.15, -0.1) is 0 Å². The highest BCUT2D eigenvalue weighted by molar-refractivity contribution is 5.96. The van der Waals surface area contributed by atoms with Crippen LogP contribution in [0, 0.1) is 20.8 Å². The Labute approximate surface area is 205 Å². The molecule has 0 aliphatic carbocycles. The van der Waals surface area contributed by atoms with Crippen LogP contribution in [-0.2, 0) is 11.3 Å². The van der Waals surface area contributed by atoms with Gasteiger partial charge in [0.1, 0.15) is 24.3 Å². The largest absolute Gasteiger partial charge is 0.491 e. The summed E-state index contributed by atoms with van der Waals surface area (Å²) in [6, 6.07) is 22.0. The zero-order chi connectivity index (χ0) is 24.5. The van der Waals surface area contributed by atoms with Crippen molar-refractivity contribution in [3.63, 3.8) is 0 Å². The van der Waals surface area contributed by atoms with Crippen LogP contribution in [0.25, 0.3) is 11.0 Å². The Balaban J connectivity index is 1.37. The first-order chi connectivity index (χ1) is 16.9. The molecule has 6 nitrogen and oxygen atoms in total. The molecule has 35 heavy (non-hydrogen) atoms. The van der Waals surface area contributed by atoms with Gasteiger partial charge >= 0.3 is 0 Å². The molecule has 1 aliphatic heterocycles. The lowest BCUT2D eigenvalue weighted by atomic mass is 10.1. The Bertz CT molecular complexity index is 1340. The number of fused-ring (bicyclic) bond motifs is 1. The number of amides is 1. The van der Waals surface area contributed by atoms with Crippen LogP contribution in [0.4, 0.5) is 5.69 Å². The van der Waals surface area contributed by atoms with E-state index in [1.165, 1.54) is 0 Å². The van der Waals surface area contributed by atoms with Crippen LogP contribution in [0.15, 0.2) is 66.7 Å². The molecule has 5 rings (SSSR count). The third-order valence-corrected chi connectivity index (χ3v) is 6.55. The van der Waals surface area contributed by atoms with Crippen LogP contribution in [0.1, 0.15) is 34.9 Å². The number of hydrogen-bond acceptors (Lipinski definition) is 4. The molecule has 1 aliphatic rings. The number of para-hydroxylation sites is 2. The molecule has 0 bridgehead atoms. The van der Waals surface area contributed by atoms with Gasteiger partial charge in [0, 0.05) is 24.6 Å². The summed E-state index contributed by atoms with van der Waals surface area (Å²) in [5, 5.41) is 10.9. The Hall–Kier alpha value is -3.64. The SMILES string of the molecule is Cc1ccc(N2C[C@@H](c3nc4ccccc4n3C[C@H](O)COc3cc(C)cc(C)c3)CC2=O)cc1. The number of nitrogens with zero attached hydrogens (tertiary/aromatic N) is 3. The van der Waals surface area contributed by atoms with Crippen molar-refractivity contribution in [1.29, 1.82) is 0 Å². The molecule has 6 heteroatoms. The first kappa shape index (κ1) is 23.1. The van der Waals surface area contributed by atoms with Crippen LogP contribution in [0.2, 0.25) is 0 Å². The zero-order valence-electron chi connectivity index (χ0n) is 20.4. The highest BCUT2D eigenvalue weighted by Crippen LogP contribution is 2.33. The molecule has 0 radical (unpaired) electrons. The molecule has 180 valence electrons. The van der Waals surface area contributed by atoms with Crippen molar-refractivity contribution in [2.24, 2.45) is 0 Å². The fraction of sp³-hybridized carbons (Fsp3) is 0.310. The maximum atomic E-state index is 12.9. The van der Waals surface area contributed by atoms with Crippen molar-refractivity contribution in [2.45, 2.75) is 45.8 Å². The summed E-state index contributed by atoms with van der Waals surface area (Å²) < 4.78 is 7.97. The predicted octanol–water partition coefficient (Wildman–Crippen LogP) is 4.92. The molecule has 3 aromatic carbocycles. The molecule has 0 saturated carbocycles. The standard InChI is InChI=1S/C29H31N3O3/c1-19-8-10-23(11-9-19)31-16-22(15-28(31)34)29-30-26-6-4-5-7-27(26)32(29)17-24(33)18-35-25-13-20(2)12-21(3)14-25/h4-14,22,24,33H,15-18H2,1-3H3/t22-,24-/m0/s1. The Kier molecular flexibility index (Phi) is 6.31. The molecule has 1 aromatic heterocycles. The molecule has 1 fully saturated rings. The van der Waals surface area contributed by atoms with Gasteiger partial charge in [-0.2, -0.15) is 0 Å². The summed E-state index contributed by atoms with van der Waals surface area (Å²) in [7, 11) is 0. The smallest absolute Gasteiger partial charge is 0.227 e. The third kappa shape index (κ3) is 4.93. The normalized spacial score (nSPS) is 16.7. The number of carbonyl (C=O) groups excluding carboxylic acids is 1. The molecule has 1 amide bonds. The second-order valence-corrected chi connectivity index (χ2v) is 9.60. The van der Waals surface area contributed by atoms with Crippen molar-refractivity contribution in [3.05, 3.63) is 89.2 Å². The van der Waals surface area contributed by atoms with E-state index in [-0.39, 0.29) is 18.4 Å². The number of hydrogen-bond donors (Lipinski definition) is 1. The lowest BCUT2D eigenvalue weighted by Gasteiger charge is -2.19. The van der Waals surface area contributed by atoms with E-state index in [4.69, 9.17) is 9.72 Å². The van der Waals surface area contributed by atoms with Crippen molar-refractivity contribution >= 4 is 22.6 Å². The number of aromatic nitrogens is 2. The van der Waals surface area contributed by atoms with Crippen LogP contribution in [0.3, 0.4) is 0 Å². The highest BCUT2D eigenvalue weighted by Gasteiger charge is 2.35. The van der Waals surface area contributed by atoms with E-state index in [9.17, 15) is 9.90 Å². The van der Waals surface area contributed by atoms with Gasteiger partial charge in [0.05, 0.1) is 17.6 Å². The van der Waals surface area contributed by atoms with E-state index in [2.05, 4.69) is 10.6 Å². The van der Waals surface area contributed by atoms with E-state index >= 15 is 0 Å². The van der Waals surface area contributed by atoms with E-state index < -0.39 is 6.10 Å². The van der Waals surface area contributed by atoms with E-state index in [0.29, 0.717) is 19.5 Å². The first-order valence-electron chi connectivity index (χ1n) is 12.1. The Morgan fingerprint density at radius 2 is 1.71 bits per heavy atom. The molecule has 1 saturated heterocycles. The first-order valence-corrected chi connectivity index (χ1v) is 12.1. The maximum Gasteiger partial charge on any atom is 0.227 e. The van der Waals surface area contributed by atoms with Crippen LogP contribution >= 0.6 is 0 Å². The summed E-state index contributed by atoms with van der Waals surface area (Å²) in [5.41, 5.74) is 6.14. The number of carbonyl (C=O) groups is 1. The molecule has 0 unspecified atom stereocenters. The number of anilines is 1. The molecular formula is C29H31N3O3. The van der Waals surface area contributed by atoms with Gasteiger partial charge < -0.3 is 19.3 Å². The fourth-order valence-electron chi connectivity index (χ4n) is 4.92. The molecule has 1 N–H and O–H groups in total. The summed E-state index contributed by atoms with van der Waals surface area (Å²) in [4.78, 5) is 19.7. The van der Waals surface area contributed by atoms with E-state index in [1.54, 1.807) is 0 Å². The van der Waals surface area contributed by atoms with Crippen molar-refractivity contribution in [2.75, 3.05) is 18.1 Å². The number of ether oxygens (including phenoxy) is 1. The highest BCUT2D eigenvalue weighted by atomic mass is 16.5. The quantitative estimate of drug-likeness (QED) is 0.417. The van der Waals surface area contributed by atoms with Crippen molar-refractivity contribution in [3.8, 4) is 5.75 Å². The average molecular weight is 470 g/mol. The molecule has 0 spiro atoms. The maximum absolute atomic E-state index is 12.9. The monoisotopic (exact) mass is 469 g/mol. The number of aryl methyl sites for hydroxylation is 3. The second kappa shape index (κ2) is 9.55. The molecular weight excluding hydrogens is 438 g/mol. The number of rotatable bonds is 7. The lowest BCUT2D eigenvalue weighted by molar-refractivity contribution is -0.117. The predicted molar refractivity (Wildman–Crippen MR) is 138 cm³/mol. The summed E-state index contributed by atoms with van der Waals surface area (Å²) in [6.45, 7) is 7.19. The zero-order valence-corrected chi connectivity index (χ0v) is 20.4. The van der Waals surface area contributed by atoms with Gasteiger partial charge in [-0.25, -0.2) is 4.98 Å². The molecule has 2 heterocycles. The molecule has 4 aromatic rings. The molecule has 2 atom stereocenters. The van der Waals surface area contributed by atoms with Gasteiger partial charge in [0.2, 0.25) is 5.91 Å². The van der Waals surface area contributed by atoms with Crippen LogP contribution in [0.5, 0.6) is 5.75 Å². The Morgan fingerprint density at radius 1 is 1.00 bits per heavy atom. The number of benzene rings is 3. The van der Waals surface area contributed by atoms with Gasteiger partial charge in [-0.3, -0.25) is 4.79 Å². The topological polar surface area (TPSA) is 67.6 Å². The number of aliphatic hydroxyl groups is 1. The minimum absolute atomic E-state index is 0.0521. The van der Waals surface area contributed by atoms with E-state index in [0.717, 1.165) is 45.0 Å². The van der Waals surface area contributed by atoms with Gasteiger partial charge in [-0.1, -0.05) is 35.9 Å². The van der Waals surface area contributed by atoms with Crippen molar-refractivity contribution in [1.82, 2.24) is 9.55 Å². The lowest BCUT2D eigenvalue weighted by Crippen LogP contribution is -2.26. The minimum Gasteiger partial charge on any atom is -0.491 e. The third-order valence-electron chi connectivity index (χ3n) is 6.55. The minimum atomic E-state index is -0.725. The fourth-order valence-corrected chi connectivity index (χ4v) is 4.92. The van der Waals surface area contributed by atoms with Gasteiger partial charge in [-0.05, 0) is 68.3 Å². The second-order valence-electron chi connectivity index (χ2n) is 9.60. The summed E-state index contributed by atoms with van der Waals surface area (Å²) in [5.74, 6) is 1.63. The average Bonchev–Trinajstić information content (AvgIpc) is 3.38. The number of aliphatic hydroxyl groups excluding tert-OH is 1.